The molecule has 2 amide bonds. The highest BCUT2D eigenvalue weighted by molar-refractivity contribution is 5.92. The van der Waals surface area contributed by atoms with E-state index >= 15 is 0 Å². The number of carbonyl (C=O) groups is 1. The van der Waals surface area contributed by atoms with Gasteiger partial charge in [0.15, 0.2) is 0 Å². The van der Waals surface area contributed by atoms with Crippen LogP contribution < -0.4 is 5.43 Å². The van der Waals surface area contributed by atoms with Crippen molar-refractivity contribution in [3.8, 4) is 0 Å². The molecule has 2 N–H and O–H groups in total. The maximum Gasteiger partial charge on any atom is 0.336 e. The first-order valence-electron chi connectivity index (χ1n) is 10.1. The summed E-state index contributed by atoms with van der Waals surface area (Å²) in [5.41, 5.74) is 7.59. The summed E-state index contributed by atoms with van der Waals surface area (Å²) in [6, 6.07) is 4.60. The summed E-state index contributed by atoms with van der Waals surface area (Å²) in [7, 11) is 2.22. The number of hydrogen-bond acceptors (Lipinski definition) is 3. The van der Waals surface area contributed by atoms with E-state index < -0.39 is 0 Å². The topological polar surface area (TPSA) is 60.7 Å². The predicted octanol–water partition coefficient (Wildman–Crippen LogP) is 2.87. The normalized spacial score (nSPS) is 21.9. The Morgan fingerprint density at radius 1 is 1.33 bits per heavy atom. The fourth-order valence-electron chi connectivity index (χ4n) is 4.97. The van der Waals surface area contributed by atoms with Crippen LogP contribution in [0.1, 0.15) is 49.3 Å². The molecule has 2 heterocycles. The molecule has 0 saturated carbocycles. The molecule has 1 fully saturated rings. The first kappa shape index (κ1) is 18.3. The Hall–Kier alpha value is -2.05. The Bertz CT molecular complexity index is 855. The van der Waals surface area contributed by atoms with Crippen LogP contribution in [0.2, 0.25) is 0 Å². The molecule has 0 radical (unpaired) electrons. The molecular weight excluding hydrogens is 340 g/mol. The van der Waals surface area contributed by atoms with Crippen molar-refractivity contribution in [3.63, 3.8) is 0 Å². The lowest BCUT2D eigenvalue weighted by atomic mass is 9.75. The first-order valence-corrected chi connectivity index (χ1v) is 10.1. The van der Waals surface area contributed by atoms with E-state index in [4.69, 9.17) is 0 Å². The van der Waals surface area contributed by atoms with Gasteiger partial charge in [-0.2, -0.15) is 0 Å². The van der Waals surface area contributed by atoms with Gasteiger partial charge in [-0.1, -0.05) is 6.07 Å². The number of rotatable bonds is 4. The van der Waals surface area contributed by atoms with E-state index in [1.165, 1.54) is 29.4 Å². The van der Waals surface area contributed by atoms with Crippen molar-refractivity contribution in [2.24, 2.45) is 0 Å². The predicted molar refractivity (Wildman–Crippen MR) is 108 cm³/mol. The minimum Gasteiger partial charge on any atom is -0.392 e. The second-order valence-electron chi connectivity index (χ2n) is 7.85. The minimum atomic E-state index is -0.0896. The lowest BCUT2D eigenvalue weighted by molar-refractivity contribution is 0.157. The molecule has 1 aliphatic heterocycles. The second kappa shape index (κ2) is 7.17. The van der Waals surface area contributed by atoms with Crippen LogP contribution in [0.5, 0.6) is 0 Å². The van der Waals surface area contributed by atoms with E-state index in [0.29, 0.717) is 25.0 Å². The van der Waals surface area contributed by atoms with Crippen LogP contribution in [-0.2, 0) is 13.0 Å². The Morgan fingerprint density at radius 2 is 2.11 bits per heavy atom. The van der Waals surface area contributed by atoms with Crippen LogP contribution in [0.3, 0.4) is 0 Å². The average molecular weight is 370 g/mol. The van der Waals surface area contributed by atoms with Crippen LogP contribution in [0.25, 0.3) is 10.9 Å². The van der Waals surface area contributed by atoms with Crippen LogP contribution >= 0.6 is 0 Å². The molecular formula is C21H30N4O2. The fourth-order valence-corrected chi connectivity index (χ4v) is 4.97. The Balaban J connectivity index is 1.81. The van der Waals surface area contributed by atoms with Gasteiger partial charge in [-0.25, -0.2) is 10.2 Å². The van der Waals surface area contributed by atoms with Gasteiger partial charge in [0, 0.05) is 36.6 Å². The largest absolute Gasteiger partial charge is 0.392 e. The number of aromatic nitrogens is 1. The number of carbonyl (C=O) groups excluding carboxylic acids is 1. The molecule has 146 valence electrons. The summed E-state index contributed by atoms with van der Waals surface area (Å²) < 4.78 is 1.87. The molecule has 2 aliphatic rings. The van der Waals surface area contributed by atoms with Gasteiger partial charge in [-0.15, -0.1) is 0 Å². The highest BCUT2D eigenvalue weighted by Gasteiger charge is 2.37. The number of nitrogens with zero attached hydrogens (tertiary/aromatic N) is 3. The van der Waals surface area contributed by atoms with Crippen LogP contribution in [0.15, 0.2) is 18.3 Å². The van der Waals surface area contributed by atoms with Gasteiger partial charge in [-0.3, -0.25) is 4.68 Å². The Kier molecular flexibility index (Phi) is 4.86. The Morgan fingerprint density at radius 3 is 2.81 bits per heavy atom. The summed E-state index contributed by atoms with van der Waals surface area (Å²) in [6.45, 7) is 6.48. The maximum absolute atomic E-state index is 12.6. The highest BCUT2D eigenvalue weighted by Crippen LogP contribution is 2.44. The molecule has 27 heavy (non-hydrogen) atoms. The third kappa shape index (κ3) is 3.01. The number of likely N-dealkylation sites (tertiary alicyclic amines) is 1. The summed E-state index contributed by atoms with van der Waals surface area (Å²) in [4.78, 5) is 16.9. The van der Waals surface area contributed by atoms with Crippen LogP contribution in [0.4, 0.5) is 4.79 Å². The van der Waals surface area contributed by atoms with Gasteiger partial charge < -0.3 is 14.9 Å². The minimum absolute atomic E-state index is 0.0146. The van der Waals surface area contributed by atoms with E-state index in [9.17, 15) is 9.90 Å². The van der Waals surface area contributed by atoms with Crippen LogP contribution in [0, 0.1) is 0 Å². The molecule has 1 aromatic heterocycles. The fraction of sp³-hybridized carbons (Fsp3) is 0.571. The van der Waals surface area contributed by atoms with Crippen molar-refractivity contribution in [2.45, 2.75) is 51.7 Å². The van der Waals surface area contributed by atoms with Gasteiger partial charge in [0.2, 0.25) is 0 Å². The van der Waals surface area contributed by atoms with Gasteiger partial charge in [0.1, 0.15) is 0 Å². The lowest BCUT2D eigenvalue weighted by Crippen LogP contribution is -2.44. The number of aliphatic hydroxyl groups is 1. The first-order chi connectivity index (χ1) is 13.1. The third-order valence-electron chi connectivity index (χ3n) is 6.41. The van der Waals surface area contributed by atoms with E-state index in [0.717, 1.165) is 24.0 Å². The van der Waals surface area contributed by atoms with Crippen molar-refractivity contribution in [1.29, 1.82) is 0 Å². The smallest absolute Gasteiger partial charge is 0.336 e. The average Bonchev–Trinajstić information content (AvgIpc) is 3.01. The molecule has 2 atom stereocenters. The van der Waals surface area contributed by atoms with Crippen molar-refractivity contribution >= 4 is 16.9 Å². The maximum atomic E-state index is 12.6. The zero-order valence-corrected chi connectivity index (χ0v) is 16.5. The van der Waals surface area contributed by atoms with Crippen molar-refractivity contribution in [2.75, 3.05) is 32.1 Å². The van der Waals surface area contributed by atoms with Gasteiger partial charge in [-0.05, 0) is 69.5 Å². The van der Waals surface area contributed by atoms with E-state index in [-0.39, 0.29) is 12.6 Å². The van der Waals surface area contributed by atoms with E-state index in [1.807, 2.05) is 24.6 Å². The number of hydrogen-bond donors (Lipinski definition) is 2. The van der Waals surface area contributed by atoms with Crippen molar-refractivity contribution < 1.29 is 9.90 Å². The summed E-state index contributed by atoms with van der Waals surface area (Å²) in [5, 5.41) is 11.1. The molecule has 4 rings (SSSR count). The number of fused-ring (bicyclic) bond motifs is 2. The summed E-state index contributed by atoms with van der Waals surface area (Å²) in [5.74, 6) is 0.500. The SMILES string of the molecule is CCN(CC)C(=O)Nn1cc2c3c(cc(CO)cc31)[C@H]1CCCN(C)[C@@H]1C2. The van der Waals surface area contributed by atoms with Crippen molar-refractivity contribution in [3.05, 3.63) is 35.0 Å². The van der Waals surface area contributed by atoms with Gasteiger partial charge in [0.25, 0.3) is 0 Å². The number of likely N-dealkylation sites (N-methyl/N-ethyl adjacent to an activating group) is 1. The molecule has 0 bridgehead atoms. The molecule has 0 spiro atoms. The monoisotopic (exact) mass is 370 g/mol. The number of aliphatic hydroxyl groups excluding tert-OH is 1. The number of nitrogens with one attached hydrogen (secondary N) is 1. The number of urea groups is 1. The third-order valence-corrected chi connectivity index (χ3v) is 6.41. The van der Waals surface area contributed by atoms with Crippen molar-refractivity contribution in [1.82, 2.24) is 14.5 Å². The number of piperidine rings is 1. The zero-order chi connectivity index (χ0) is 19.1. The second-order valence-corrected chi connectivity index (χ2v) is 7.85. The van der Waals surface area contributed by atoms with E-state index in [2.05, 4.69) is 29.6 Å². The lowest BCUT2D eigenvalue weighted by Gasteiger charge is -2.42. The summed E-state index contributed by atoms with van der Waals surface area (Å²) in [6.07, 6.45) is 5.49. The molecule has 6 heteroatoms. The van der Waals surface area contributed by atoms with Crippen LogP contribution in [-0.4, -0.2) is 58.3 Å². The summed E-state index contributed by atoms with van der Waals surface area (Å²) >= 11 is 0. The Labute approximate surface area is 160 Å². The van der Waals surface area contributed by atoms with Gasteiger partial charge >= 0.3 is 6.03 Å². The molecule has 0 unspecified atom stereocenters. The molecule has 1 aromatic carbocycles. The molecule has 1 aliphatic carbocycles. The highest BCUT2D eigenvalue weighted by atomic mass is 16.3. The van der Waals surface area contributed by atoms with Gasteiger partial charge in [0.05, 0.1) is 12.1 Å². The standard InChI is InChI=1S/C21H30N4O2/c1-4-24(5-2)21(27)22-25-12-15-11-18-16(7-6-8-23(18)3)17-9-14(13-26)10-19(25)20(15)17/h9-10,12,16,18,26H,4-8,11,13H2,1-3H3,(H,22,27)/t16-,18-/m1/s1. The molecule has 1 saturated heterocycles. The van der Waals surface area contributed by atoms with E-state index in [1.54, 1.807) is 4.90 Å². The zero-order valence-electron chi connectivity index (χ0n) is 16.5. The quantitative estimate of drug-likeness (QED) is 0.870. The molecule has 6 nitrogen and oxygen atoms in total. The number of amides is 2. The molecule has 2 aromatic rings. The number of benzene rings is 1.